The highest BCUT2D eigenvalue weighted by Crippen LogP contribution is 2.17. The molecule has 1 aromatic rings. The number of carbonyl (C=O) groups excluding carboxylic acids is 2. The fraction of sp³-hybridized carbons (Fsp3) is 0.357. The SMILES string of the molecule is CCN(C#N)C(=O)C(CSC)NC(=O)c1ccccc1[N+](=O)[O-]. The van der Waals surface area contributed by atoms with Crippen molar-refractivity contribution in [2.75, 3.05) is 18.6 Å². The van der Waals surface area contributed by atoms with E-state index in [4.69, 9.17) is 5.26 Å². The van der Waals surface area contributed by atoms with Gasteiger partial charge >= 0.3 is 0 Å². The zero-order valence-electron chi connectivity index (χ0n) is 12.7. The molecule has 9 heteroatoms. The van der Waals surface area contributed by atoms with E-state index in [2.05, 4.69) is 5.32 Å². The molecule has 2 amide bonds. The van der Waals surface area contributed by atoms with Gasteiger partial charge in [-0.05, 0) is 19.2 Å². The van der Waals surface area contributed by atoms with Gasteiger partial charge < -0.3 is 5.32 Å². The number of nitrogens with one attached hydrogen (secondary N) is 1. The zero-order chi connectivity index (χ0) is 17.4. The number of hydrogen-bond acceptors (Lipinski definition) is 6. The predicted molar refractivity (Wildman–Crippen MR) is 85.7 cm³/mol. The monoisotopic (exact) mass is 336 g/mol. The maximum Gasteiger partial charge on any atom is 0.282 e. The quantitative estimate of drug-likeness (QED) is 0.348. The van der Waals surface area contributed by atoms with E-state index in [-0.39, 0.29) is 23.5 Å². The zero-order valence-corrected chi connectivity index (χ0v) is 13.5. The molecule has 0 radical (unpaired) electrons. The summed E-state index contributed by atoms with van der Waals surface area (Å²) in [6.07, 6.45) is 3.50. The Morgan fingerprint density at radius 3 is 2.65 bits per heavy atom. The Kier molecular flexibility index (Phi) is 7.02. The minimum atomic E-state index is -0.933. The number of hydrogen-bond donors (Lipinski definition) is 1. The number of benzene rings is 1. The number of nitrogens with zero attached hydrogens (tertiary/aromatic N) is 3. The summed E-state index contributed by atoms with van der Waals surface area (Å²) < 4.78 is 0. The number of thioether (sulfide) groups is 1. The van der Waals surface area contributed by atoms with Crippen molar-refractivity contribution in [1.82, 2.24) is 10.2 Å². The van der Waals surface area contributed by atoms with Crippen LogP contribution in [0.5, 0.6) is 0 Å². The third-order valence-corrected chi connectivity index (χ3v) is 3.65. The van der Waals surface area contributed by atoms with Gasteiger partial charge in [0.15, 0.2) is 6.19 Å². The Bertz CT molecular complexity index is 644. The molecule has 1 atom stereocenters. The first-order valence-corrected chi connectivity index (χ1v) is 8.09. The van der Waals surface area contributed by atoms with Crippen LogP contribution in [-0.2, 0) is 4.79 Å². The van der Waals surface area contributed by atoms with Crippen LogP contribution in [0.1, 0.15) is 17.3 Å². The summed E-state index contributed by atoms with van der Waals surface area (Å²) in [7, 11) is 0. The van der Waals surface area contributed by atoms with Crippen molar-refractivity contribution in [2.45, 2.75) is 13.0 Å². The molecule has 0 aliphatic carbocycles. The molecule has 0 saturated heterocycles. The van der Waals surface area contributed by atoms with Crippen LogP contribution in [-0.4, -0.2) is 46.2 Å². The number of nitriles is 1. The maximum absolute atomic E-state index is 12.3. The Labute approximate surface area is 137 Å². The van der Waals surface area contributed by atoms with Gasteiger partial charge in [-0.3, -0.25) is 19.7 Å². The lowest BCUT2D eigenvalue weighted by atomic mass is 10.1. The van der Waals surface area contributed by atoms with Crippen LogP contribution >= 0.6 is 11.8 Å². The van der Waals surface area contributed by atoms with Gasteiger partial charge in [-0.25, -0.2) is 4.90 Å². The molecule has 0 aliphatic rings. The molecule has 1 aromatic carbocycles. The van der Waals surface area contributed by atoms with Gasteiger partial charge in [-0.2, -0.15) is 17.0 Å². The van der Waals surface area contributed by atoms with Crippen molar-refractivity contribution < 1.29 is 14.5 Å². The fourth-order valence-electron chi connectivity index (χ4n) is 1.87. The largest absolute Gasteiger partial charge is 0.339 e. The van der Waals surface area contributed by atoms with Gasteiger partial charge in [0, 0.05) is 18.4 Å². The molecule has 0 bridgehead atoms. The number of amides is 2. The molecule has 0 aliphatic heterocycles. The highest BCUT2D eigenvalue weighted by molar-refractivity contribution is 7.98. The number of para-hydroxylation sites is 1. The summed E-state index contributed by atoms with van der Waals surface area (Å²) in [4.78, 5) is 35.8. The smallest absolute Gasteiger partial charge is 0.282 e. The molecule has 1 unspecified atom stereocenters. The fourth-order valence-corrected chi connectivity index (χ4v) is 2.43. The number of nitro benzene ring substituents is 1. The molecule has 23 heavy (non-hydrogen) atoms. The predicted octanol–water partition coefficient (Wildman–Crippen LogP) is 1.39. The molecule has 8 nitrogen and oxygen atoms in total. The van der Waals surface area contributed by atoms with Gasteiger partial charge in [0.2, 0.25) is 0 Å². The van der Waals surface area contributed by atoms with Gasteiger partial charge in [-0.1, -0.05) is 12.1 Å². The molecule has 1 N–H and O–H groups in total. The standard InChI is InChI=1S/C14H16N4O4S/c1-3-17(9-15)14(20)11(8-23-2)16-13(19)10-6-4-5-7-12(10)18(21)22/h4-7,11H,3,8H2,1-2H3,(H,16,19). The second-order valence-corrected chi connectivity index (χ2v) is 5.35. The van der Waals surface area contributed by atoms with Gasteiger partial charge in [0.25, 0.3) is 17.5 Å². The summed E-state index contributed by atoms with van der Waals surface area (Å²) in [5.41, 5.74) is -0.468. The van der Waals surface area contributed by atoms with Crippen molar-refractivity contribution in [3.8, 4) is 6.19 Å². The van der Waals surface area contributed by atoms with Crippen LogP contribution in [0.4, 0.5) is 5.69 Å². The highest BCUT2D eigenvalue weighted by atomic mass is 32.2. The van der Waals surface area contributed by atoms with Crippen LogP contribution in [0.25, 0.3) is 0 Å². The van der Waals surface area contributed by atoms with Crippen molar-refractivity contribution in [2.24, 2.45) is 0 Å². The first kappa shape index (κ1) is 18.4. The van der Waals surface area contributed by atoms with E-state index >= 15 is 0 Å². The van der Waals surface area contributed by atoms with E-state index < -0.39 is 22.8 Å². The van der Waals surface area contributed by atoms with Crippen LogP contribution in [0.15, 0.2) is 24.3 Å². The van der Waals surface area contributed by atoms with Crippen LogP contribution in [0.2, 0.25) is 0 Å². The second kappa shape index (κ2) is 8.75. The molecule has 0 aromatic heterocycles. The third-order valence-electron chi connectivity index (χ3n) is 2.99. The Balaban J connectivity index is 3.02. The molecule has 122 valence electrons. The minimum absolute atomic E-state index is 0.128. The maximum atomic E-state index is 12.3. The van der Waals surface area contributed by atoms with Crippen molar-refractivity contribution >= 4 is 29.3 Å². The number of likely N-dealkylation sites (N-methyl/N-ethyl adjacent to an activating group) is 1. The number of nitro groups is 1. The lowest BCUT2D eigenvalue weighted by molar-refractivity contribution is -0.385. The van der Waals surface area contributed by atoms with Crippen LogP contribution < -0.4 is 5.32 Å². The van der Waals surface area contributed by atoms with E-state index in [0.717, 1.165) is 4.90 Å². The van der Waals surface area contributed by atoms with E-state index in [1.807, 2.05) is 0 Å². The summed E-state index contributed by atoms with van der Waals surface area (Å²) in [5, 5.41) is 22.4. The van der Waals surface area contributed by atoms with Gasteiger partial charge in [0.1, 0.15) is 11.6 Å². The first-order valence-electron chi connectivity index (χ1n) is 6.70. The van der Waals surface area contributed by atoms with E-state index in [0.29, 0.717) is 0 Å². The minimum Gasteiger partial charge on any atom is -0.339 e. The molecular formula is C14H16N4O4S. The molecule has 0 fully saturated rings. The Hall–Kier alpha value is -2.60. The second-order valence-electron chi connectivity index (χ2n) is 4.44. The summed E-state index contributed by atoms with van der Waals surface area (Å²) in [6.45, 7) is 1.82. The topological polar surface area (TPSA) is 116 Å². The van der Waals surface area contributed by atoms with Crippen LogP contribution in [0.3, 0.4) is 0 Å². The van der Waals surface area contributed by atoms with Crippen molar-refractivity contribution in [3.63, 3.8) is 0 Å². The lowest BCUT2D eigenvalue weighted by Crippen LogP contribution is -2.48. The number of rotatable bonds is 7. The Morgan fingerprint density at radius 1 is 1.48 bits per heavy atom. The molecule has 0 saturated carbocycles. The molecule has 0 heterocycles. The lowest BCUT2D eigenvalue weighted by Gasteiger charge is -2.20. The van der Waals surface area contributed by atoms with Crippen molar-refractivity contribution in [1.29, 1.82) is 5.26 Å². The molecular weight excluding hydrogens is 320 g/mol. The Morgan fingerprint density at radius 2 is 2.13 bits per heavy atom. The average Bonchev–Trinajstić information content (AvgIpc) is 2.55. The van der Waals surface area contributed by atoms with E-state index in [1.165, 1.54) is 36.0 Å². The van der Waals surface area contributed by atoms with E-state index in [1.54, 1.807) is 19.4 Å². The van der Waals surface area contributed by atoms with Gasteiger partial charge in [-0.15, -0.1) is 0 Å². The molecule has 1 rings (SSSR count). The van der Waals surface area contributed by atoms with Crippen molar-refractivity contribution in [3.05, 3.63) is 39.9 Å². The summed E-state index contributed by atoms with van der Waals surface area (Å²) in [5.74, 6) is -1.02. The third kappa shape index (κ3) is 4.69. The molecule has 0 spiro atoms. The van der Waals surface area contributed by atoms with Crippen LogP contribution in [0, 0.1) is 21.6 Å². The normalized spacial score (nSPS) is 11.2. The first-order chi connectivity index (χ1) is 11.0. The highest BCUT2D eigenvalue weighted by Gasteiger charge is 2.27. The number of carbonyl (C=O) groups is 2. The van der Waals surface area contributed by atoms with E-state index in [9.17, 15) is 19.7 Å². The summed E-state index contributed by atoms with van der Waals surface area (Å²) >= 11 is 1.32. The van der Waals surface area contributed by atoms with Gasteiger partial charge in [0.05, 0.1) is 4.92 Å². The summed E-state index contributed by atoms with van der Waals surface area (Å²) in [6, 6.07) is 4.55. The average molecular weight is 336 g/mol.